The van der Waals surface area contributed by atoms with Crippen LogP contribution in [0.4, 0.5) is 4.79 Å². The molecule has 0 aliphatic heterocycles. The Morgan fingerprint density at radius 2 is 1.82 bits per heavy atom. The van der Waals surface area contributed by atoms with E-state index in [4.69, 9.17) is 10.5 Å². The third-order valence-electron chi connectivity index (χ3n) is 3.01. The molecule has 1 aromatic carbocycles. The van der Waals surface area contributed by atoms with Gasteiger partial charge in [0.25, 0.3) is 0 Å². The van der Waals surface area contributed by atoms with Gasteiger partial charge >= 0.3 is 12.1 Å². The van der Waals surface area contributed by atoms with Gasteiger partial charge in [0.15, 0.2) is 0 Å². The molecule has 22 heavy (non-hydrogen) atoms. The first-order valence-corrected chi connectivity index (χ1v) is 6.84. The fraction of sp³-hybridized carbons (Fsp3) is 0.400. The predicted octanol–water partition coefficient (Wildman–Crippen LogP) is 1.22. The lowest BCUT2D eigenvalue weighted by molar-refractivity contribution is -0.150. The minimum Gasteiger partial charge on any atom is -0.480 e. The predicted molar refractivity (Wildman–Crippen MR) is 78.8 cm³/mol. The van der Waals surface area contributed by atoms with Gasteiger partial charge in [0.05, 0.1) is 6.54 Å². The summed E-state index contributed by atoms with van der Waals surface area (Å²) in [6.45, 7) is 2.66. The smallest absolute Gasteiger partial charge is 0.417 e. The normalized spacial score (nSPS) is 11.8. The van der Waals surface area contributed by atoms with Gasteiger partial charge in [-0.2, -0.15) is 0 Å². The van der Waals surface area contributed by atoms with Crippen molar-refractivity contribution >= 4 is 18.0 Å². The van der Waals surface area contributed by atoms with Crippen molar-refractivity contribution in [1.82, 2.24) is 4.90 Å². The van der Waals surface area contributed by atoms with Gasteiger partial charge in [-0.05, 0) is 11.5 Å². The van der Waals surface area contributed by atoms with Crippen molar-refractivity contribution in [2.75, 3.05) is 6.54 Å². The third-order valence-corrected chi connectivity index (χ3v) is 3.01. The monoisotopic (exact) mass is 308 g/mol. The first-order valence-electron chi connectivity index (χ1n) is 6.84. The molecule has 0 bridgehead atoms. The zero-order valence-electron chi connectivity index (χ0n) is 12.6. The van der Waals surface area contributed by atoms with Crippen LogP contribution in [0.5, 0.6) is 0 Å². The maximum absolute atomic E-state index is 12.1. The molecule has 2 amide bonds. The van der Waals surface area contributed by atoms with Gasteiger partial charge in [-0.1, -0.05) is 44.2 Å². The largest absolute Gasteiger partial charge is 0.480 e. The standard InChI is InChI=1S/C15H20N2O5/c1-10(2)13(14(19)20)17(12(18)8-16)15(21)22-9-11-6-4-3-5-7-11/h3-7,10,13H,8-9,16H2,1-2H3,(H,19,20). The molecule has 1 aromatic rings. The van der Waals surface area contributed by atoms with Gasteiger partial charge in [-0.25, -0.2) is 14.5 Å². The first kappa shape index (κ1) is 17.6. The van der Waals surface area contributed by atoms with Crippen LogP contribution in [0.15, 0.2) is 30.3 Å². The second kappa shape index (κ2) is 8.14. The molecular formula is C15H20N2O5. The number of nitrogens with two attached hydrogens (primary N) is 1. The Hall–Kier alpha value is -2.41. The first-order chi connectivity index (χ1) is 10.4. The molecule has 1 unspecified atom stereocenters. The highest BCUT2D eigenvalue weighted by atomic mass is 16.6. The lowest BCUT2D eigenvalue weighted by atomic mass is 10.0. The highest BCUT2D eigenvalue weighted by molar-refractivity contribution is 5.97. The second-order valence-corrected chi connectivity index (χ2v) is 5.04. The van der Waals surface area contributed by atoms with E-state index < -0.39 is 36.5 Å². The molecule has 0 heterocycles. The number of benzene rings is 1. The summed E-state index contributed by atoms with van der Waals surface area (Å²) < 4.78 is 5.04. The van der Waals surface area contributed by atoms with E-state index in [1.807, 2.05) is 6.07 Å². The van der Waals surface area contributed by atoms with E-state index in [9.17, 15) is 19.5 Å². The summed E-state index contributed by atoms with van der Waals surface area (Å²) in [6.07, 6.45) is -1.01. The number of carboxylic acid groups (broad SMARTS) is 1. The van der Waals surface area contributed by atoms with Crippen molar-refractivity contribution in [3.8, 4) is 0 Å². The topological polar surface area (TPSA) is 110 Å². The van der Waals surface area contributed by atoms with E-state index in [1.54, 1.807) is 38.1 Å². The summed E-state index contributed by atoms with van der Waals surface area (Å²) in [5.74, 6) is -2.55. The van der Waals surface area contributed by atoms with Crippen molar-refractivity contribution in [3.63, 3.8) is 0 Å². The van der Waals surface area contributed by atoms with Gasteiger partial charge in [-0.15, -0.1) is 0 Å². The maximum atomic E-state index is 12.1. The summed E-state index contributed by atoms with van der Waals surface area (Å²) >= 11 is 0. The van der Waals surface area contributed by atoms with E-state index in [0.29, 0.717) is 4.90 Å². The Bertz CT molecular complexity index is 530. The lowest BCUT2D eigenvalue weighted by Gasteiger charge is -2.28. The molecule has 7 nitrogen and oxygen atoms in total. The number of carbonyl (C=O) groups excluding carboxylic acids is 2. The van der Waals surface area contributed by atoms with Crippen LogP contribution in [0, 0.1) is 5.92 Å². The van der Waals surface area contributed by atoms with Crippen LogP contribution in [0.3, 0.4) is 0 Å². The van der Waals surface area contributed by atoms with Crippen molar-refractivity contribution in [2.24, 2.45) is 11.7 Å². The van der Waals surface area contributed by atoms with Crippen LogP contribution in [0.25, 0.3) is 0 Å². The zero-order valence-corrected chi connectivity index (χ0v) is 12.6. The molecule has 0 fully saturated rings. The number of imide groups is 1. The van der Waals surface area contributed by atoms with Gasteiger partial charge in [0, 0.05) is 0 Å². The van der Waals surface area contributed by atoms with Crippen LogP contribution in [-0.4, -0.2) is 40.6 Å². The fourth-order valence-electron chi connectivity index (χ4n) is 1.95. The van der Waals surface area contributed by atoms with Gasteiger partial charge in [-0.3, -0.25) is 4.79 Å². The number of carboxylic acids is 1. The Balaban J connectivity index is 2.89. The van der Waals surface area contributed by atoms with Gasteiger partial charge < -0.3 is 15.6 Å². The lowest BCUT2D eigenvalue weighted by Crippen LogP contribution is -2.53. The van der Waals surface area contributed by atoms with Crippen molar-refractivity contribution in [3.05, 3.63) is 35.9 Å². The number of rotatable bonds is 6. The SMILES string of the molecule is CC(C)C(C(=O)O)N(C(=O)CN)C(=O)OCc1ccccc1. The minimum atomic E-state index is -1.32. The van der Waals surface area contributed by atoms with Gasteiger partial charge in [0.1, 0.15) is 12.6 Å². The highest BCUT2D eigenvalue weighted by Crippen LogP contribution is 2.14. The molecule has 3 N–H and O–H groups in total. The Morgan fingerprint density at radius 3 is 2.27 bits per heavy atom. The Labute approximate surface area is 128 Å². The number of carbonyl (C=O) groups is 3. The minimum absolute atomic E-state index is 0.0571. The molecule has 0 aliphatic carbocycles. The molecule has 0 saturated carbocycles. The van der Waals surface area contributed by atoms with Crippen LogP contribution < -0.4 is 5.73 Å². The van der Waals surface area contributed by atoms with E-state index in [1.165, 1.54) is 0 Å². The van der Waals surface area contributed by atoms with E-state index >= 15 is 0 Å². The third kappa shape index (κ3) is 4.56. The molecule has 0 spiro atoms. The summed E-state index contributed by atoms with van der Waals surface area (Å²) in [4.78, 5) is 35.9. The number of nitrogens with zero attached hydrogens (tertiary/aromatic N) is 1. The van der Waals surface area contributed by atoms with Crippen LogP contribution in [-0.2, 0) is 20.9 Å². The molecular weight excluding hydrogens is 288 g/mol. The number of hydrogen-bond donors (Lipinski definition) is 2. The zero-order chi connectivity index (χ0) is 16.7. The quantitative estimate of drug-likeness (QED) is 0.817. The van der Waals surface area contributed by atoms with E-state index in [0.717, 1.165) is 5.56 Å². The number of ether oxygens (including phenoxy) is 1. The summed E-state index contributed by atoms with van der Waals surface area (Å²) in [5, 5.41) is 9.25. The summed E-state index contributed by atoms with van der Waals surface area (Å²) in [7, 11) is 0. The van der Waals surface area contributed by atoms with Gasteiger partial charge in [0.2, 0.25) is 5.91 Å². The van der Waals surface area contributed by atoms with Crippen LogP contribution in [0.2, 0.25) is 0 Å². The van der Waals surface area contributed by atoms with Crippen molar-refractivity contribution < 1.29 is 24.2 Å². The number of amides is 2. The molecule has 0 radical (unpaired) electrons. The molecule has 1 rings (SSSR count). The molecule has 0 saturated heterocycles. The Morgan fingerprint density at radius 1 is 1.23 bits per heavy atom. The number of hydrogen-bond acceptors (Lipinski definition) is 5. The van der Waals surface area contributed by atoms with E-state index in [-0.39, 0.29) is 6.61 Å². The van der Waals surface area contributed by atoms with E-state index in [2.05, 4.69) is 0 Å². The van der Waals surface area contributed by atoms with Crippen molar-refractivity contribution in [1.29, 1.82) is 0 Å². The number of aliphatic carboxylic acids is 1. The summed E-state index contributed by atoms with van der Waals surface area (Å²) in [5.41, 5.74) is 5.99. The van der Waals surface area contributed by atoms with Crippen LogP contribution in [0.1, 0.15) is 19.4 Å². The average Bonchev–Trinajstić information content (AvgIpc) is 2.49. The molecule has 0 aliphatic rings. The Kier molecular flexibility index (Phi) is 6.52. The average molecular weight is 308 g/mol. The molecule has 0 aromatic heterocycles. The second-order valence-electron chi connectivity index (χ2n) is 5.04. The van der Waals surface area contributed by atoms with Crippen LogP contribution >= 0.6 is 0 Å². The van der Waals surface area contributed by atoms with Crippen molar-refractivity contribution in [2.45, 2.75) is 26.5 Å². The molecule has 7 heteroatoms. The summed E-state index contributed by atoms with van der Waals surface area (Å²) in [6, 6.07) is 7.55. The maximum Gasteiger partial charge on any atom is 0.417 e. The molecule has 120 valence electrons. The fourth-order valence-corrected chi connectivity index (χ4v) is 1.95. The highest BCUT2D eigenvalue weighted by Gasteiger charge is 2.37. The molecule has 1 atom stereocenters.